The number of allylic oxidation sites excluding steroid dienone is 2. The molecule has 0 fully saturated rings. The maximum Gasteiger partial charge on any atom is 0.351 e. The summed E-state index contributed by atoms with van der Waals surface area (Å²) in [4.78, 5) is 37.0. The molecule has 2 heterocycles. The van der Waals surface area contributed by atoms with E-state index in [1.165, 1.54) is 24.5 Å². The summed E-state index contributed by atoms with van der Waals surface area (Å²) in [6.07, 6.45) is 6.67. The first-order valence-electron chi connectivity index (χ1n) is 9.72. The molecule has 0 amide bonds. The number of ether oxygens (including phenoxy) is 2. The third-order valence-electron chi connectivity index (χ3n) is 4.63. The molecule has 0 aliphatic rings. The van der Waals surface area contributed by atoms with Crippen LogP contribution in [0, 0.1) is 0 Å². The molecule has 0 spiro atoms. The monoisotopic (exact) mass is 446 g/mol. The van der Waals surface area contributed by atoms with Gasteiger partial charge in [-0.15, -0.1) is 0 Å². The molecule has 1 unspecified atom stereocenters. The van der Waals surface area contributed by atoms with E-state index >= 15 is 0 Å². The molecule has 31 heavy (non-hydrogen) atoms. The summed E-state index contributed by atoms with van der Waals surface area (Å²) in [5, 5.41) is 11.1. The number of rotatable bonds is 10. The van der Waals surface area contributed by atoms with Crippen LogP contribution in [0.3, 0.4) is 0 Å². The van der Waals surface area contributed by atoms with Gasteiger partial charge in [0.1, 0.15) is 17.1 Å². The predicted octanol–water partition coefficient (Wildman–Crippen LogP) is 4.70. The Hall–Kier alpha value is -3.13. The summed E-state index contributed by atoms with van der Waals surface area (Å²) >= 11 is 1.36. The van der Waals surface area contributed by atoms with Gasteiger partial charge in [-0.05, 0) is 43.5 Å². The van der Waals surface area contributed by atoms with Crippen LogP contribution in [-0.2, 0) is 9.53 Å². The van der Waals surface area contributed by atoms with E-state index in [0.717, 1.165) is 4.88 Å². The summed E-state index contributed by atoms with van der Waals surface area (Å²) < 4.78 is 15.0. The number of carbonyl (C=O) groups excluding carboxylic acids is 2. The van der Waals surface area contributed by atoms with Gasteiger partial charge in [-0.3, -0.25) is 9.59 Å². The average Bonchev–Trinajstić information content (AvgIpc) is 3.19. The lowest BCUT2D eigenvalue weighted by Gasteiger charge is -2.11. The summed E-state index contributed by atoms with van der Waals surface area (Å²) in [7, 11) is 2.89. The van der Waals surface area contributed by atoms with Gasteiger partial charge in [0.05, 0.1) is 20.6 Å². The maximum absolute atomic E-state index is 12.7. The number of hydrogen-bond acceptors (Lipinski definition) is 8. The second kappa shape index (κ2) is 11.3. The Morgan fingerprint density at radius 2 is 2.00 bits per heavy atom. The van der Waals surface area contributed by atoms with Crippen molar-refractivity contribution in [3.8, 4) is 10.8 Å². The highest BCUT2D eigenvalue weighted by molar-refractivity contribution is 7.14. The second-order valence-electron chi connectivity index (χ2n) is 6.94. The van der Waals surface area contributed by atoms with Crippen molar-refractivity contribution in [3.05, 3.63) is 62.5 Å². The Morgan fingerprint density at radius 3 is 2.61 bits per heavy atom. The van der Waals surface area contributed by atoms with Crippen LogP contribution < -0.4 is 10.4 Å². The molecule has 166 valence electrons. The molecule has 8 heteroatoms. The number of esters is 1. The minimum atomic E-state index is -0.871. The highest BCUT2D eigenvalue weighted by Crippen LogP contribution is 2.28. The number of Topliss-reactive ketones (excluding diaryl/α,β-unsaturated/α-hetero) is 1. The number of ketones is 1. The van der Waals surface area contributed by atoms with Crippen molar-refractivity contribution >= 4 is 29.2 Å². The van der Waals surface area contributed by atoms with Crippen LogP contribution >= 0.6 is 11.3 Å². The van der Waals surface area contributed by atoms with E-state index in [2.05, 4.69) is 4.74 Å². The molecular weight excluding hydrogens is 420 g/mol. The molecule has 2 rings (SSSR count). The van der Waals surface area contributed by atoms with Crippen LogP contribution in [0.5, 0.6) is 10.8 Å². The lowest BCUT2D eigenvalue weighted by Crippen LogP contribution is -2.16. The van der Waals surface area contributed by atoms with Crippen molar-refractivity contribution in [2.45, 2.75) is 39.0 Å². The van der Waals surface area contributed by atoms with Gasteiger partial charge < -0.3 is 19.0 Å². The number of methoxy groups -OCH3 is 2. The molecule has 0 aliphatic heterocycles. The standard InChI is InChI=1S/C23H26O7S/c1-14(8-6-5-7-9-19(25)28-3)18-13-17(24)21(23(27)30-18)22(26)15(2)12-16-10-11-20(29-4)31-16/h5,7,10-14,24H,6,8-9H2,1-4H3/b7-5+,15-12?. The molecule has 2 aromatic heterocycles. The molecule has 0 radical (unpaired) electrons. The number of hydrogen-bond donors (Lipinski definition) is 1. The summed E-state index contributed by atoms with van der Waals surface area (Å²) in [5.74, 6) is -1.18. The Kier molecular flexibility index (Phi) is 8.81. The summed E-state index contributed by atoms with van der Waals surface area (Å²) in [6.45, 7) is 3.42. The molecule has 7 nitrogen and oxygen atoms in total. The van der Waals surface area contributed by atoms with Gasteiger partial charge in [0.15, 0.2) is 10.8 Å². The lowest BCUT2D eigenvalue weighted by atomic mass is 9.99. The molecule has 1 atom stereocenters. The molecular formula is C23H26O7S. The third-order valence-corrected chi connectivity index (χ3v) is 5.62. The SMILES string of the molecule is COC(=O)C/C=C/CCC(C)c1cc(O)c(C(=O)C(C)=Cc2ccc(OC)s2)c(=O)o1. The van der Waals surface area contributed by atoms with Gasteiger partial charge in [0, 0.05) is 16.9 Å². The molecule has 0 saturated heterocycles. The molecule has 1 N–H and O–H groups in total. The Balaban J connectivity index is 2.11. The second-order valence-corrected chi connectivity index (χ2v) is 8.02. The van der Waals surface area contributed by atoms with E-state index in [0.29, 0.717) is 29.2 Å². The van der Waals surface area contributed by atoms with E-state index < -0.39 is 17.2 Å². The molecule has 0 aromatic carbocycles. The fourth-order valence-electron chi connectivity index (χ4n) is 2.82. The van der Waals surface area contributed by atoms with Crippen LogP contribution in [-0.4, -0.2) is 31.1 Å². The highest BCUT2D eigenvalue weighted by Gasteiger charge is 2.22. The normalized spacial score (nSPS) is 12.7. The lowest BCUT2D eigenvalue weighted by molar-refractivity contribution is -0.139. The van der Waals surface area contributed by atoms with Gasteiger partial charge in [-0.2, -0.15) is 0 Å². The Bertz CT molecular complexity index is 1040. The topological polar surface area (TPSA) is 103 Å². The van der Waals surface area contributed by atoms with E-state index in [9.17, 15) is 19.5 Å². The Labute approximate surface area is 184 Å². The van der Waals surface area contributed by atoms with Crippen molar-refractivity contribution in [2.75, 3.05) is 14.2 Å². The zero-order valence-corrected chi connectivity index (χ0v) is 18.8. The predicted molar refractivity (Wildman–Crippen MR) is 119 cm³/mol. The largest absolute Gasteiger partial charge is 0.507 e. The third kappa shape index (κ3) is 6.68. The van der Waals surface area contributed by atoms with Crippen molar-refractivity contribution in [1.29, 1.82) is 0 Å². The maximum atomic E-state index is 12.7. The van der Waals surface area contributed by atoms with Gasteiger partial charge in [-0.25, -0.2) is 4.79 Å². The van der Waals surface area contributed by atoms with Crippen LogP contribution in [0.2, 0.25) is 0 Å². The van der Waals surface area contributed by atoms with Crippen LogP contribution in [0.15, 0.2) is 45.1 Å². The number of thiophene rings is 1. The van der Waals surface area contributed by atoms with Gasteiger partial charge in [0.25, 0.3) is 0 Å². The highest BCUT2D eigenvalue weighted by atomic mass is 32.1. The number of aromatic hydroxyl groups is 1. The number of carbonyl (C=O) groups is 2. The van der Waals surface area contributed by atoms with Crippen molar-refractivity contribution < 1.29 is 28.6 Å². The van der Waals surface area contributed by atoms with Crippen molar-refractivity contribution in [2.24, 2.45) is 0 Å². The van der Waals surface area contributed by atoms with Crippen LogP contribution in [0.4, 0.5) is 0 Å². The van der Waals surface area contributed by atoms with Crippen molar-refractivity contribution in [3.63, 3.8) is 0 Å². The van der Waals surface area contributed by atoms with Gasteiger partial charge in [-0.1, -0.05) is 30.4 Å². The average molecular weight is 447 g/mol. The first kappa shape index (κ1) is 24.1. The van der Waals surface area contributed by atoms with Crippen LogP contribution in [0.25, 0.3) is 6.08 Å². The molecule has 0 aliphatic carbocycles. The van der Waals surface area contributed by atoms with E-state index in [1.807, 2.05) is 13.0 Å². The van der Waals surface area contributed by atoms with E-state index in [1.54, 1.807) is 38.3 Å². The zero-order valence-electron chi connectivity index (χ0n) is 18.0. The first-order valence-corrected chi connectivity index (χ1v) is 10.5. The smallest absolute Gasteiger partial charge is 0.351 e. The summed E-state index contributed by atoms with van der Waals surface area (Å²) in [5.41, 5.74) is -0.959. The molecule has 0 bridgehead atoms. The zero-order chi connectivity index (χ0) is 23.0. The first-order chi connectivity index (χ1) is 14.8. The minimum Gasteiger partial charge on any atom is -0.507 e. The quantitative estimate of drug-likeness (QED) is 0.244. The van der Waals surface area contributed by atoms with Crippen LogP contribution in [0.1, 0.15) is 60.0 Å². The fraction of sp³-hybridized carbons (Fsp3) is 0.348. The summed E-state index contributed by atoms with van der Waals surface area (Å²) in [6, 6.07) is 4.90. The minimum absolute atomic E-state index is 0.166. The fourth-order valence-corrected chi connectivity index (χ4v) is 3.64. The molecule has 2 aromatic rings. The van der Waals surface area contributed by atoms with E-state index in [-0.39, 0.29) is 23.9 Å². The van der Waals surface area contributed by atoms with Gasteiger partial charge in [0.2, 0.25) is 0 Å². The Morgan fingerprint density at radius 1 is 1.26 bits per heavy atom. The van der Waals surface area contributed by atoms with Crippen molar-refractivity contribution in [1.82, 2.24) is 0 Å². The van der Waals surface area contributed by atoms with E-state index in [4.69, 9.17) is 9.15 Å². The van der Waals surface area contributed by atoms with Gasteiger partial charge >= 0.3 is 11.6 Å². The molecule has 0 saturated carbocycles.